The molecule has 1 aromatic carbocycles. The van der Waals surface area contributed by atoms with Crippen molar-refractivity contribution in [3.63, 3.8) is 0 Å². The third-order valence-corrected chi connectivity index (χ3v) is 9.18. The summed E-state index contributed by atoms with van der Waals surface area (Å²) < 4.78 is 13.2. The van der Waals surface area contributed by atoms with E-state index in [2.05, 4.69) is 52.0 Å². The summed E-state index contributed by atoms with van der Waals surface area (Å²) in [6.45, 7) is 11.6. The van der Waals surface area contributed by atoms with Gasteiger partial charge >= 0.3 is 6.09 Å². The molecule has 9 nitrogen and oxygen atoms in total. The smallest absolute Gasteiger partial charge is 0.411 e. The van der Waals surface area contributed by atoms with E-state index in [9.17, 15) is 9.59 Å². The lowest BCUT2D eigenvalue weighted by atomic mass is 9.88. The number of aromatic nitrogens is 2. The Morgan fingerprint density at radius 3 is 2.74 bits per heavy atom. The highest BCUT2D eigenvalue weighted by Crippen LogP contribution is 2.42. The fourth-order valence-electron chi connectivity index (χ4n) is 7.25. The summed E-state index contributed by atoms with van der Waals surface area (Å²) in [4.78, 5) is 37.2. The molecule has 0 spiro atoms. The Balaban J connectivity index is 1.17. The summed E-state index contributed by atoms with van der Waals surface area (Å²) in [5, 5.41) is 1.01. The van der Waals surface area contributed by atoms with Crippen LogP contribution in [-0.4, -0.2) is 75.5 Å². The predicted molar refractivity (Wildman–Crippen MR) is 162 cm³/mol. The van der Waals surface area contributed by atoms with Crippen LogP contribution in [0.25, 0.3) is 16.6 Å². The summed E-state index contributed by atoms with van der Waals surface area (Å²) in [5.74, 6) is 0. The summed E-state index contributed by atoms with van der Waals surface area (Å²) >= 11 is 0. The largest absolute Gasteiger partial charge is 0.444 e. The lowest BCUT2D eigenvalue weighted by Gasteiger charge is -2.44. The van der Waals surface area contributed by atoms with Gasteiger partial charge in [0, 0.05) is 50.4 Å². The molecule has 6 heterocycles. The number of rotatable bonds is 2. The quantitative estimate of drug-likeness (QED) is 0.450. The van der Waals surface area contributed by atoms with Gasteiger partial charge in [-0.2, -0.15) is 0 Å². The monoisotopic (exact) mass is 569 g/mol. The van der Waals surface area contributed by atoms with Crippen molar-refractivity contribution in [1.82, 2.24) is 19.4 Å². The second-order valence-corrected chi connectivity index (χ2v) is 13.2. The molecule has 4 aliphatic heterocycles. The van der Waals surface area contributed by atoms with E-state index in [1.807, 2.05) is 31.7 Å². The zero-order chi connectivity index (χ0) is 29.3. The minimum atomic E-state index is -0.533. The highest BCUT2D eigenvalue weighted by molar-refractivity contribution is 5.89. The molecule has 1 unspecified atom stereocenters. The zero-order valence-electron chi connectivity index (χ0n) is 25.0. The zero-order valence-corrected chi connectivity index (χ0v) is 25.0. The van der Waals surface area contributed by atoms with Crippen LogP contribution in [0.3, 0.4) is 0 Å². The maximum Gasteiger partial charge on any atom is 0.411 e. The van der Waals surface area contributed by atoms with Crippen molar-refractivity contribution in [1.29, 1.82) is 0 Å². The molecule has 4 aliphatic rings. The first-order chi connectivity index (χ1) is 20.1. The molecule has 2 saturated heterocycles. The Kier molecular flexibility index (Phi) is 6.44. The van der Waals surface area contributed by atoms with Crippen molar-refractivity contribution >= 4 is 28.4 Å². The molecule has 42 heavy (non-hydrogen) atoms. The minimum Gasteiger partial charge on any atom is -0.444 e. The van der Waals surface area contributed by atoms with Crippen LogP contribution in [-0.2, 0) is 23.1 Å². The molecule has 0 radical (unpaired) electrons. The Morgan fingerprint density at radius 1 is 1.12 bits per heavy atom. The van der Waals surface area contributed by atoms with Gasteiger partial charge in [-0.15, -0.1) is 0 Å². The molecular weight excluding hydrogens is 530 g/mol. The van der Waals surface area contributed by atoms with Gasteiger partial charge in [0.15, 0.2) is 0 Å². The number of aryl methyl sites for hydroxylation is 1. The first-order valence-corrected chi connectivity index (χ1v) is 15.0. The molecule has 2 bridgehead atoms. The summed E-state index contributed by atoms with van der Waals surface area (Å²) in [7, 11) is 1.78. The van der Waals surface area contributed by atoms with Crippen molar-refractivity contribution in [2.24, 2.45) is 7.05 Å². The Labute approximate surface area is 246 Å². The molecule has 9 heteroatoms. The Hall–Kier alpha value is -3.69. The van der Waals surface area contributed by atoms with Gasteiger partial charge in [0.2, 0.25) is 0 Å². The van der Waals surface area contributed by atoms with Crippen LogP contribution in [0.2, 0.25) is 0 Å². The molecule has 220 valence electrons. The number of morpholine rings is 1. The first kappa shape index (κ1) is 27.2. The Bertz CT molecular complexity index is 1660. The van der Waals surface area contributed by atoms with Crippen LogP contribution in [0.5, 0.6) is 0 Å². The van der Waals surface area contributed by atoms with Crippen molar-refractivity contribution < 1.29 is 14.3 Å². The highest BCUT2D eigenvalue weighted by Gasteiger charge is 2.42. The number of piperazine rings is 1. The van der Waals surface area contributed by atoms with Crippen LogP contribution in [0.4, 0.5) is 10.5 Å². The van der Waals surface area contributed by atoms with Gasteiger partial charge in [-0.1, -0.05) is 18.2 Å². The number of pyridine rings is 2. The predicted octanol–water partition coefficient (Wildman–Crippen LogP) is 4.49. The fraction of sp³-hybridized carbons (Fsp3) is 0.485. The maximum atomic E-state index is 13.0. The molecule has 0 N–H and O–H groups in total. The van der Waals surface area contributed by atoms with Gasteiger partial charge in [-0.3, -0.25) is 19.2 Å². The molecule has 1 amide bonds. The van der Waals surface area contributed by atoms with E-state index in [0.717, 1.165) is 37.1 Å². The molecule has 7 rings (SSSR count). The second-order valence-electron chi connectivity index (χ2n) is 13.2. The average Bonchev–Trinajstić information content (AvgIpc) is 3.32. The second kappa shape index (κ2) is 9.95. The number of nitrogens with zero attached hydrogens (tertiary/aromatic N) is 5. The van der Waals surface area contributed by atoms with Gasteiger partial charge in [-0.25, -0.2) is 9.78 Å². The van der Waals surface area contributed by atoms with E-state index in [4.69, 9.17) is 9.47 Å². The SMILES string of the molecule is C[C@@H]1CN(c2cc(=O)n(C)c3ncccc23)C[C@@H]2c3ccc(C4=CC5COC[C@H](C4)N5C(=O)OC(C)(C)C)cc3CN12. The van der Waals surface area contributed by atoms with E-state index in [-0.39, 0.29) is 29.8 Å². The van der Waals surface area contributed by atoms with Crippen LogP contribution in [0.1, 0.15) is 56.8 Å². The van der Waals surface area contributed by atoms with Crippen molar-refractivity contribution in [3.8, 4) is 0 Å². The number of hydrogen-bond donors (Lipinski definition) is 0. The van der Waals surface area contributed by atoms with Crippen molar-refractivity contribution in [2.75, 3.05) is 31.2 Å². The molecule has 0 aliphatic carbocycles. The van der Waals surface area contributed by atoms with Crippen molar-refractivity contribution in [3.05, 3.63) is 75.7 Å². The van der Waals surface area contributed by atoms with Crippen LogP contribution < -0.4 is 10.5 Å². The first-order valence-electron chi connectivity index (χ1n) is 15.0. The van der Waals surface area contributed by atoms with E-state index >= 15 is 0 Å². The number of hydrogen-bond acceptors (Lipinski definition) is 7. The topological polar surface area (TPSA) is 80.1 Å². The number of benzene rings is 1. The third-order valence-electron chi connectivity index (χ3n) is 9.18. The number of amides is 1. The molecule has 3 aromatic rings. The van der Waals surface area contributed by atoms with Gasteiger partial charge in [0.25, 0.3) is 5.56 Å². The van der Waals surface area contributed by atoms with E-state index < -0.39 is 5.60 Å². The van der Waals surface area contributed by atoms with Gasteiger partial charge in [-0.05, 0) is 74.6 Å². The summed E-state index contributed by atoms with van der Waals surface area (Å²) in [6, 6.07) is 13.1. The van der Waals surface area contributed by atoms with Crippen LogP contribution in [0, 0.1) is 0 Å². The molecule has 2 aromatic heterocycles. The fourth-order valence-corrected chi connectivity index (χ4v) is 7.25. The van der Waals surface area contributed by atoms with Crippen LogP contribution in [0.15, 0.2) is 53.5 Å². The number of carbonyl (C=O) groups is 1. The summed E-state index contributed by atoms with van der Waals surface area (Å²) in [5.41, 5.74) is 6.33. The van der Waals surface area contributed by atoms with Gasteiger partial charge < -0.3 is 14.4 Å². The number of fused-ring (bicyclic) bond motifs is 6. The van der Waals surface area contributed by atoms with E-state index in [1.54, 1.807) is 23.9 Å². The van der Waals surface area contributed by atoms with Gasteiger partial charge in [0.05, 0.1) is 37.0 Å². The number of anilines is 1. The van der Waals surface area contributed by atoms with E-state index in [1.165, 1.54) is 22.3 Å². The third kappa shape index (κ3) is 4.59. The lowest BCUT2D eigenvalue weighted by Crippen LogP contribution is -2.57. The minimum absolute atomic E-state index is 0.0327. The van der Waals surface area contributed by atoms with E-state index in [0.29, 0.717) is 24.9 Å². The Morgan fingerprint density at radius 2 is 1.95 bits per heavy atom. The maximum absolute atomic E-state index is 13.0. The molecule has 0 saturated carbocycles. The summed E-state index contributed by atoms with van der Waals surface area (Å²) in [6.07, 6.45) is 4.42. The van der Waals surface area contributed by atoms with Crippen molar-refractivity contribution in [2.45, 2.75) is 70.4 Å². The molecule has 4 atom stereocenters. The number of ether oxygens (including phenoxy) is 2. The highest BCUT2D eigenvalue weighted by atomic mass is 16.6. The standard InChI is InChI=1S/C33H39N5O4/c1-20-15-36(28-14-30(39)35(5)31-27(28)7-6-10-34-31)17-29-26-9-8-21(11-23(26)16-37(20)29)22-12-24-18-41-19-25(13-22)38(24)32(40)42-33(2,3)4/h6-12,14,20,24-25,29H,13,15-19H2,1-5H3/t20-,24?,25+,29-/m1/s1. The van der Waals surface area contributed by atoms with Gasteiger partial charge in [0.1, 0.15) is 11.2 Å². The lowest BCUT2D eigenvalue weighted by molar-refractivity contribution is -0.0510. The molecular formula is C33H39N5O4. The number of carbonyl (C=O) groups excluding carboxylic acids is 1. The van der Waals surface area contributed by atoms with Crippen LogP contribution >= 0.6 is 0 Å². The average molecular weight is 570 g/mol. The normalized spacial score (nSPS) is 25.7. The molecule has 2 fully saturated rings.